The summed E-state index contributed by atoms with van der Waals surface area (Å²) >= 11 is 0. The zero-order chi connectivity index (χ0) is 26.7. The van der Waals surface area contributed by atoms with E-state index in [1.807, 2.05) is 6.92 Å². The van der Waals surface area contributed by atoms with Gasteiger partial charge in [-0.1, -0.05) is 91.6 Å². The molecule has 0 spiro atoms. The molecule has 0 saturated carbocycles. The molecule has 4 rings (SSSR count). The first kappa shape index (κ1) is 28.2. The van der Waals surface area contributed by atoms with Gasteiger partial charge in [-0.05, 0) is 74.7 Å². The molecule has 0 aromatic heterocycles. The Labute approximate surface area is 229 Å². The van der Waals surface area contributed by atoms with Crippen LogP contribution in [0, 0.1) is 6.92 Å². The molecular weight excluding hydrogens is 507 g/mol. The van der Waals surface area contributed by atoms with Crippen LogP contribution in [-0.4, -0.2) is 21.2 Å². The molecule has 198 valence electrons. The summed E-state index contributed by atoms with van der Waals surface area (Å²) in [6.45, 7) is 2.17. The maximum atomic E-state index is 12.3. The van der Waals surface area contributed by atoms with Crippen LogP contribution < -0.4 is 15.9 Å². The summed E-state index contributed by atoms with van der Waals surface area (Å²) in [4.78, 5) is 0.227. The molecule has 0 atom stereocenters. The molecule has 3 nitrogen and oxygen atoms in total. The zero-order valence-electron chi connectivity index (χ0n) is 22.2. The Hall–Kier alpha value is -2.78. The number of rotatable bonds is 14. The minimum Gasteiger partial charge on any atom is -0.266 e. The predicted molar refractivity (Wildman–Crippen MR) is 162 cm³/mol. The number of benzene rings is 4. The molecule has 0 amide bonds. The minimum atomic E-state index is -3.67. The molecule has 0 bridgehead atoms. The summed E-state index contributed by atoms with van der Waals surface area (Å²) in [5, 5.41) is 4.30. The molecule has 0 aliphatic rings. The normalized spacial score (nSPS) is 11.9. The van der Waals surface area contributed by atoms with Gasteiger partial charge < -0.3 is 0 Å². The van der Waals surface area contributed by atoms with Crippen molar-refractivity contribution >= 4 is 33.3 Å². The van der Waals surface area contributed by atoms with Gasteiger partial charge in [-0.3, -0.25) is 4.18 Å². The maximum Gasteiger partial charge on any atom is 0.296 e. The van der Waals surface area contributed by atoms with E-state index < -0.39 is 17.4 Å². The van der Waals surface area contributed by atoms with Crippen LogP contribution in [0.3, 0.4) is 0 Å². The average molecular weight is 546 g/mol. The highest BCUT2D eigenvalue weighted by atomic mass is 32.2. The molecule has 0 aliphatic heterocycles. The fraction of sp³-hybridized carbons (Fsp3) is 0.273. The third-order valence-electron chi connectivity index (χ3n) is 7.03. The van der Waals surface area contributed by atoms with Gasteiger partial charge in [-0.25, -0.2) is 0 Å². The molecule has 0 N–H and O–H groups in total. The van der Waals surface area contributed by atoms with E-state index in [1.54, 1.807) is 24.3 Å². The summed E-state index contributed by atoms with van der Waals surface area (Å²) in [6, 6.07) is 39.9. The van der Waals surface area contributed by atoms with Crippen LogP contribution >= 0.6 is 7.26 Å². The van der Waals surface area contributed by atoms with Crippen LogP contribution in [0.4, 0.5) is 0 Å². The van der Waals surface area contributed by atoms with Crippen molar-refractivity contribution < 1.29 is 12.6 Å². The van der Waals surface area contributed by atoms with Crippen LogP contribution in [0.2, 0.25) is 0 Å². The van der Waals surface area contributed by atoms with Crippen LogP contribution in [0.5, 0.6) is 0 Å². The summed E-state index contributed by atoms with van der Waals surface area (Å²) in [5.74, 6) is 0. The van der Waals surface area contributed by atoms with Crippen molar-refractivity contribution in [2.75, 3.05) is 12.8 Å². The summed E-state index contributed by atoms with van der Waals surface area (Å²) in [5.41, 5.74) is 1.03. The first-order valence-electron chi connectivity index (χ1n) is 13.5. The van der Waals surface area contributed by atoms with Crippen molar-refractivity contribution in [3.63, 3.8) is 0 Å². The standard InChI is InChI=1S/C33H38O3PS/c1-29-23-25-33(26-24-29)38(34,35)36-27-15-4-2-3-5-16-28-37(30-17-9-6-10-18-30,31-19-11-7-12-20-31)32-21-13-8-14-22-32/h6-14,17-26H,2-5,15-16,27-28H2,1H3/q+1. The van der Waals surface area contributed by atoms with Gasteiger partial charge in [0.15, 0.2) is 0 Å². The van der Waals surface area contributed by atoms with Crippen molar-refractivity contribution in [2.24, 2.45) is 0 Å². The van der Waals surface area contributed by atoms with E-state index in [9.17, 15) is 8.42 Å². The molecule has 4 aromatic rings. The molecule has 5 heteroatoms. The molecule has 0 aliphatic carbocycles. The predicted octanol–water partition coefficient (Wildman–Crippen LogP) is 7.04. The Morgan fingerprint density at radius 3 is 1.45 bits per heavy atom. The highest BCUT2D eigenvalue weighted by Crippen LogP contribution is 2.56. The Morgan fingerprint density at radius 2 is 0.974 bits per heavy atom. The van der Waals surface area contributed by atoms with Crippen LogP contribution in [0.1, 0.15) is 44.1 Å². The third-order valence-corrected chi connectivity index (χ3v) is 12.9. The molecule has 0 fully saturated rings. The largest absolute Gasteiger partial charge is 0.296 e. The Balaban J connectivity index is 1.31. The fourth-order valence-electron chi connectivity index (χ4n) is 4.98. The Kier molecular flexibility index (Phi) is 10.3. The molecule has 0 radical (unpaired) electrons. The van der Waals surface area contributed by atoms with Crippen molar-refractivity contribution in [3.8, 4) is 0 Å². The van der Waals surface area contributed by atoms with E-state index in [1.165, 1.54) is 15.9 Å². The van der Waals surface area contributed by atoms with E-state index >= 15 is 0 Å². The second-order valence-electron chi connectivity index (χ2n) is 9.75. The van der Waals surface area contributed by atoms with Crippen molar-refractivity contribution in [1.29, 1.82) is 0 Å². The van der Waals surface area contributed by atoms with Gasteiger partial charge in [0.05, 0.1) is 17.7 Å². The quantitative estimate of drug-likeness (QED) is 0.0970. The molecule has 0 unspecified atom stereocenters. The zero-order valence-corrected chi connectivity index (χ0v) is 23.9. The number of hydrogen-bond donors (Lipinski definition) is 0. The Morgan fingerprint density at radius 1 is 0.553 bits per heavy atom. The lowest BCUT2D eigenvalue weighted by molar-refractivity contribution is 0.306. The lowest BCUT2D eigenvalue weighted by Crippen LogP contribution is -2.33. The van der Waals surface area contributed by atoms with Crippen molar-refractivity contribution in [3.05, 3.63) is 121 Å². The SMILES string of the molecule is Cc1ccc(S(=O)(=O)OCCCCCCCC[P+](c2ccccc2)(c2ccccc2)c2ccccc2)cc1. The highest BCUT2D eigenvalue weighted by molar-refractivity contribution is 7.95. The van der Waals surface area contributed by atoms with Crippen LogP contribution in [0.25, 0.3) is 0 Å². The maximum absolute atomic E-state index is 12.3. The molecular formula is C33H38O3PS+. The van der Waals surface area contributed by atoms with Gasteiger partial charge in [0.25, 0.3) is 10.1 Å². The van der Waals surface area contributed by atoms with Crippen LogP contribution in [-0.2, 0) is 14.3 Å². The van der Waals surface area contributed by atoms with Gasteiger partial charge in [-0.2, -0.15) is 8.42 Å². The summed E-state index contributed by atoms with van der Waals surface area (Å²) < 4.78 is 29.9. The van der Waals surface area contributed by atoms with Gasteiger partial charge in [0, 0.05) is 0 Å². The highest BCUT2D eigenvalue weighted by Gasteiger charge is 2.44. The lowest BCUT2D eigenvalue weighted by Gasteiger charge is -2.27. The van der Waals surface area contributed by atoms with Crippen molar-refractivity contribution in [1.82, 2.24) is 0 Å². The Bertz CT molecular complexity index is 1240. The smallest absolute Gasteiger partial charge is 0.266 e. The molecule has 4 aromatic carbocycles. The first-order valence-corrected chi connectivity index (χ1v) is 16.9. The number of hydrogen-bond acceptors (Lipinski definition) is 3. The average Bonchev–Trinajstić information content (AvgIpc) is 2.96. The van der Waals surface area contributed by atoms with Gasteiger partial charge in [0.2, 0.25) is 0 Å². The van der Waals surface area contributed by atoms with E-state index in [-0.39, 0.29) is 11.5 Å². The monoisotopic (exact) mass is 545 g/mol. The fourth-order valence-corrected chi connectivity index (χ4v) is 10.3. The lowest BCUT2D eigenvalue weighted by atomic mass is 10.1. The summed E-state index contributed by atoms with van der Waals surface area (Å²) in [6.07, 6.45) is 7.41. The topological polar surface area (TPSA) is 43.4 Å². The van der Waals surface area contributed by atoms with Gasteiger partial charge in [-0.15, -0.1) is 0 Å². The number of unbranched alkanes of at least 4 members (excludes halogenated alkanes) is 5. The van der Waals surface area contributed by atoms with E-state index in [0.717, 1.165) is 50.3 Å². The molecule has 38 heavy (non-hydrogen) atoms. The third kappa shape index (κ3) is 7.20. The van der Waals surface area contributed by atoms with E-state index in [0.29, 0.717) is 0 Å². The van der Waals surface area contributed by atoms with E-state index in [4.69, 9.17) is 4.18 Å². The molecule has 0 heterocycles. The second-order valence-corrected chi connectivity index (χ2v) is 15.0. The van der Waals surface area contributed by atoms with Gasteiger partial charge in [0.1, 0.15) is 23.2 Å². The van der Waals surface area contributed by atoms with Crippen molar-refractivity contribution in [2.45, 2.75) is 50.3 Å². The minimum absolute atomic E-state index is 0.227. The number of aryl methyl sites for hydroxylation is 1. The second kappa shape index (κ2) is 13.8. The summed E-state index contributed by atoms with van der Waals surface area (Å²) in [7, 11) is -5.43. The van der Waals surface area contributed by atoms with Crippen LogP contribution in [0.15, 0.2) is 120 Å². The first-order chi connectivity index (χ1) is 18.5. The van der Waals surface area contributed by atoms with Gasteiger partial charge >= 0.3 is 0 Å². The molecule has 0 saturated heterocycles. The van der Waals surface area contributed by atoms with E-state index in [2.05, 4.69) is 91.0 Å².